The molecule has 2 nitrogen and oxygen atoms in total. The molecule has 0 radical (unpaired) electrons. The topological polar surface area (TPSA) is 49.9 Å². The Hall–Kier alpha value is -1.00. The minimum Gasteiger partial charge on any atom is -0.404 e. The highest BCUT2D eigenvalue weighted by Gasteiger charge is 2.31. The zero-order valence-corrected chi connectivity index (χ0v) is 4.37. The van der Waals surface area contributed by atoms with Crippen molar-refractivity contribution in [3.8, 4) is 0 Å². The van der Waals surface area contributed by atoms with Crippen molar-refractivity contribution in [3.05, 3.63) is 11.8 Å². The molecule has 0 saturated carbocycles. The van der Waals surface area contributed by atoms with Crippen molar-refractivity contribution in [2.75, 3.05) is 0 Å². The number of nitrogens with two attached hydrogens (primary N) is 1. The second-order valence-corrected chi connectivity index (χ2v) is 1.26. The van der Waals surface area contributed by atoms with E-state index in [1.807, 2.05) is 0 Å². The molecule has 0 aromatic carbocycles. The van der Waals surface area contributed by atoms with Crippen LogP contribution in [-0.2, 0) is 0 Å². The first-order valence-electron chi connectivity index (χ1n) is 2.02. The molecular weight excluding hydrogens is 133 g/mol. The lowest BCUT2D eigenvalue weighted by Crippen LogP contribution is -2.13. The molecule has 9 heavy (non-hydrogen) atoms. The second-order valence-electron chi connectivity index (χ2n) is 1.26. The third-order valence-corrected chi connectivity index (χ3v) is 0.662. The third kappa shape index (κ3) is 2.16. The molecule has 0 aliphatic carbocycles. The van der Waals surface area contributed by atoms with E-state index in [1.165, 1.54) is 0 Å². The zero-order valence-electron chi connectivity index (χ0n) is 4.37. The molecule has 0 spiro atoms. The summed E-state index contributed by atoms with van der Waals surface area (Å²) in [7, 11) is 0. The van der Waals surface area contributed by atoms with Gasteiger partial charge >= 0.3 is 6.18 Å². The number of hydrogen-bond donors (Lipinski definition) is 2. The maximum absolute atomic E-state index is 11.4. The van der Waals surface area contributed by atoms with E-state index in [1.54, 1.807) is 0 Å². The van der Waals surface area contributed by atoms with E-state index in [0.29, 0.717) is 6.20 Å². The third-order valence-electron chi connectivity index (χ3n) is 0.662. The second kappa shape index (κ2) is 2.52. The van der Waals surface area contributed by atoms with E-state index in [0.717, 1.165) is 0 Å². The predicted molar refractivity (Wildman–Crippen MR) is 27.1 cm³/mol. The molecule has 0 unspecified atom stereocenters. The van der Waals surface area contributed by atoms with Crippen molar-refractivity contribution in [3.63, 3.8) is 0 Å². The summed E-state index contributed by atoms with van der Waals surface area (Å²) in [5.41, 5.74) is 3.40. The highest BCUT2D eigenvalue weighted by molar-refractivity contribution is 5.77. The maximum Gasteiger partial charge on any atom is 0.419 e. The van der Waals surface area contributed by atoms with E-state index >= 15 is 0 Å². The largest absolute Gasteiger partial charge is 0.419 e. The van der Waals surface area contributed by atoms with Crippen LogP contribution in [0.2, 0.25) is 0 Å². The van der Waals surface area contributed by atoms with Gasteiger partial charge in [0.15, 0.2) is 0 Å². The molecule has 0 aromatic heterocycles. The Bertz CT molecular complexity index is 135. The summed E-state index contributed by atoms with van der Waals surface area (Å²) in [6.45, 7) is 0. The molecule has 0 aromatic rings. The van der Waals surface area contributed by atoms with Crippen molar-refractivity contribution in [1.29, 1.82) is 5.41 Å². The van der Waals surface area contributed by atoms with Crippen molar-refractivity contribution in [2.24, 2.45) is 5.73 Å². The lowest BCUT2D eigenvalue weighted by Gasteiger charge is -2.03. The fourth-order valence-electron chi connectivity index (χ4n) is 0.224. The van der Waals surface area contributed by atoms with Gasteiger partial charge in [0.1, 0.15) is 0 Å². The minimum atomic E-state index is -4.49. The predicted octanol–water partition coefficient (Wildman–Crippen LogP) is 1.04. The van der Waals surface area contributed by atoms with Crippen LogP contribution in [0.25, 0.3) is 0 Å². The molecule has 0 rings (SSSR count). The van der Waals surface area contributed by atoms with E-state index in [-0.39, 0.29) is 6.21 Å². The van der Waals surface area contributed by atoms with E-state index in [4.69, 9.17) is 5.41 Å². The van der Waals surface area contributed by atoms with Gasteiger partial charge in [0.05, 0.1) is 5.57 Å². The van der Waals surface area contributed by atoms with E-state index in [9.17, 15) is 13.2 Å². The van der Waals surface area contributed by atoms with Gasteiger partial charge in [0.25, 0.3) is 0 Å². The standard InChI is InChI=1S/C4H5F3N2/c5-4(6,7)3(1-8)2-9/h1-2,8H,9H2. The van der Waals surface area contributed by atoms with Gasteiger partial charge in [-0.15, -0.1) is 0 Å². The minimum absolute atomic E-state index is 0.167. The molecule has 0 aliphatic rings. The highest BCUT2D eigenvalue weighted by Crippen LogP contribution is 2.22. The molecule has 52 valence electrons. The molecule has 0 bridgehead atoms. The molecule has 5 heteroatoms. The van der Waals surface area contributed by atoms with Crippen LogP contribution in [0.3, 0.4) is 0 Å². The monoisotopic (exact) mass is 138 g/mol. The SMILES string of the molecule is N=CC(=CN)C(F)(F)F. The first-order valence-corrected chi connectivity index (χ1v) is 2.02. The fraction of sp³-hybridized carbons (Fsp3) is 0.250. The number of nitrogens with one attached hydrogen (secondary N) is 1. The van der Waals surface area contributed by atoms with Crippen LogP contribution in [0.5, 0.6) is 0 Å². The quantitative estimate of drug-likeness (QED) is 0.522. The fourth-order valence-corrected chi connectivity index (χ4v) is 0.224. The van der Waals surface area contributed by atoms with Gasteiger partial charge in [0, 0.05) is 12.4 Å². The van der Waals surface area contributed by atoms with Gasteiger partial charge in [-0.3, -0.25) is 0 Å². The molecule has 0 saturated heterocycles. The molecule has 0 amide bonds. The molecule has 3 N–H and O–H groups in total. The van der Waals surface area contributed by atoms with Crippen LogP contribution >= 0.6 is 0 Å². The summed E-state index contributed by atoms with van der Waals surface area (Å²) in [4.78, 5) is 0. The smallest absolute Gasteiger partial charge is 0.404 e. The van der Waals surface area contributed by atoms with Gasteiger partial charge in [-0.25, -0.2) is 0 Å². The normalized spacial score (nSPS) is 13.4. The van der Waals surface area contributed by atoms with Crippen molar-refractivity contribution in [1.82, 2.24) is 0 Å². The van der Waals surface area contributed by atoms with E-state index < -0.39 is 11.7 Å². The van der Waals surface area contributed by atoms with Crippen LogP contribution in [0.15, 0.2) is 11.8 Å². The molecular formula is C4H5F3N2. The van der Waals surface area contributed by atoms with Gasteiger partial charge in [-0.2, -0.15) is 13.2 Å². The maximum atomic E-state index is 11.4. The lowest BCUT2D eigenvalue weighted by molar-refractivity contribution is -0.0858. The Kier molecular flexibility index (Phi) is 2.24. The van der Waals surface area contributed by atoms with Crippen molar-refractivity contribution < 1.29 is 13.2 Å². The number of alkyl halides is 3. The summed E-state index contributed by atoms with van der Waals surface area (Å²) >= 11 is 0. The van der Waals surface area contributed by atoms with Crippen LogP contribution < -0.4 is 5.73 Å². The molecule has 0 heterocycles. The number of halogens is 3. The number of allylic oxidation sites excluding steroid dienone is 1. The van der Waals surface area contributed by atoms with Crippen LogP contribution in [0.4, 0.5) is 13.2 Å². The van der Waals surface area contributed by atoms with Crippen molar-refractivity contribution >= 4 is 6.21 Å². The Morgan fingerprint density at radius 1 is 1.44 bits per heavy atom. The average Bonchev–Trinajstić information content (AvgIpc) is 1.65. The molecule has 0 atom stereocenters. The zero-order chi connectivity index (χ0) is 7.49. The first kappa shape index (κ1) is 8.00. The average molecular weight is 138 g/mol. The van der Waals surface area contributed by atoms with E-state index in [2.05, 4.69) is 5.73 Å². The van der Waals surface area contributed by atoms with Gasteiger partial charge in [0.2, 0.25) is 0 Å². The molecule has 0 aliphatic heterocycles. The summed E-state index contributed by atoms with van der Waals surface area (Å²) < 4.78 is 34.3. The Morgan fingerprint density at radius 3 is 1.89 bits per heavy atom. The lowest BCUT2D eigenvalue weighted by atomic mass is 10.3. The highest BCUT2D eigenvalue weighted by atomic mass is 19.4. The summed E-state index contributed by atoms with van der Waals surface area (Å²) in [5, 5.41) is 6.22. The molecule has 0 fully saturated rings. The van der Waals surface area contributed by atoms with Crippen molar-refractivity contribution in [2.45, 2.75) is 6.18 Å². The summed E-state index contributed by atoms with van der Waals surface area (Å²) in [6.07, 6.45) is -3.97. The van der Waals surface area contributed by atoms with Gasteiger partial charge in [-0.05, 0) is 0 Å². The Morgan fingerprint density at radius 2 is 1.89 bits per heavy atom. The van der Waals surface area contributed by atoms with Crippen LogP contribution in [0, 0.1) is 5.41 Å². The number of rotatable bonds is 1. The van der Waals surface area contributed by atoms with Crippen LogP contribution in [-0.4, -0.2) is 12.4 Å². The summed E-state index contributed by atoms with van der Waals surface area (Å²) in [5.74, 6) is 0. The Labute approximate surface area is 49.7 Å². The summed E-state index contributed by atoms with van der Waals surface area (Å²) in [6, 6.07) is 0. The van der Waals surface area contributed by atoms with Gasteiger partial charge in [-0.1, -0.05) is 0 Å². The number of hydrogen-bond acceptors (Lipinski definition) is 2. The van der Waals surface area contributed by atoms with Gasteiger partial charge < -0.3 is 11.1 Å². The Balaban J connectivity index is 4.32. The van der Waals surface area contributed by atoms with Crippen LogP contribution in [0.1, 0.15) is 0 Å². The first-order chi connectivity index (χ1) is 4.02.